The number of aromatic nitrogens is 3. The Morgan fingerprint density at radius 3 is 2.73 bits per heavy atom. The Morgan fingerprint density at radius 2 is 2.00 bits per heavy atom. The van der Waals surface area contributed by atoms with Gasteiger partial charge < -0.3 is 10.1 Å². The predicted octanol–water partition coefficient (Wildman–Crippen LogP) is 4.40. The monoisotopic (exact) mass is 404 g/mol. The highest BCUT2D eigenvalue weighted by atomic mass is 16.5. The molecule has 4 rings (SSSR count). The molecule has 1 N–H and O–H groups in total. The van der Waals surface area contributed by atoms with E-state index in [9.17, 15) is 4.79 Å². The Morgan fingerprint density at radius 1 is 1.20 bits per heavy atom. The first-order chi connectivity index (χ1) is 14.7. The van der Waals surface area contributed by atoms with E-state index in [-0.39, 0.29) is 11.9 Å². The smallest absolute Gasteiger partial charge is 0.220 e. The highest BCUT2D eigenvalue weighted by Gasteiger charge is 2.16. The van der Waals surface area contributed by atoms with E-state index in [2.05, 4.69) is 27.5 Å². The molecule has 2 aromatic carbocycles. The lowest BCUT2D eigenvalue weighted by Crippen LogP contribution is -2.26. The second kappa shape index (κ2) is 9.57. The van der Waals surface area contributed by atoms with Crippen molar-refractivity contribution in [2.45, 2.75) is 57.6 Å². The minimum atomic E-state index is -0.0562. The van der Waals surface area contributed by atoms with Crippen LogP contribution in [0, 0.1) is 0 Å². The lowest BCUT2D eigenvalue weighted by atomic mass is 10.1. The molecule has 1 saturated carbocycles. The third kappa shape index (κ3) is 5.26. The van der Waals surface area contributed by atoms with Gasteiger partial charge in [-0.25, -0.2) is 9.67 Å². The predicted molar refractivity (Wildman–Crippen MR) is 116 cm³/mol. The average molecular weight is 405 g/mol. The van der Waals surface area contributed by atoms with Crippen molar-refractivity contribution in [3.63, 3.8) is 0 Å². The van der Waals surface area contributed by atoms with E-state index in [4.69, 9.17) is 4.74 Å². The number of amides is 1. The summed E-state index contributed by atoms with van der Waals surface area (Å²) in [7, 11) is 0. The van der Waals surface area contributed by atoms with Crippen LogP contribution in [-0.2, 0) is 11.2 Å². The van der Waals surface area contributed by atoms with Crippen LogP contribution in [-0.4, -0.2) is 26.8 Å². The molecule has 0 saturated heterocycles. The molecule has 1 heterocycles. The molecular weight excluding hydrogens is 376 g/mol. The van der Waals surface area contributed by atoms with Crippen molar-refractivity contribution in [2.24, 2.45) is 0 Å². The molecule has 1 fully saturated rings. The summed E-state index contributed by atoms with van der Waals surface area (Å²) in [6.45, 7) is 2.00. The molecule has 156 valence electrons. The number of carbonyl (C=O) groups is 1. The standard InChI is InChI=1S/C24H28N4O2/c1-18(20-10-12-21(13-11-20)28-17-25-16-26-28)27-24(29)14-9-19-5-4-8-23(15-19)30-22-6-2-3-7-22/h4-5,8,10-13,15-18,22H,2-3,6-7,9,14H2,1H3,(H,27,29). The van der Waals surface area contributed by atoms with E-state index in [0.29, 0.717) is 18.9 Å². The lowest BCUT2D eigenvalue weighted by molar-refractivity contribution is -0.121. The Kier molecular flexibility index (Phi) is 6.42. The van der Waals surface area contributed by atoms with Crippen molar-refractivity contribution in [3.8, 4) is 11.4 Å². The molecule has 0 radical (unpaired) electrons. The number of carbonyl (C=O) groups excluding carboxylic acids is 1. The van der Waals surface area contributed by atoms with Crippen molar-refractivity contribution in [3.05, 3.63) is 72.3 Å². The Bertz CT molecular complexity index is 948. The van der Waals surface area contributed by atoms with Gasteiger partial charge >= 0.3 is 0 Å². The van der Waals surface area contributed by atoms with Gasteiger partial charge in [-0.05, 0) is 74.4 Å². The summed E-state index contributed by atoms with van der Waals surface area (Å²) in [5, 5.41) is 7.21. The molecule has 0 aliphatic heterocycles. The highest BCUT2D eigenvalue weighted by molar-refractivity contribution is 5.76. The number of ether oxygens (including phenoxy) is 1. The molecule has 1 atom stereocenters. The van der Waals surface area contributed by atoms with E-state index in [1.165, 1.54) is 19.2 Å². The molecule has 1 aromatic heterocycles. The number of nitrogens with zero attached hydrogens (tertiary/aromatic N) is 3. The molecule has 1 unspecified atom stereocenters. The second-order valence-corrected chi connectivity index (χ2v) is 7.89. The number of hydrogen-bond donors (Lipinski definition) is 1. The van der Waals surface area contributed by atoms with E-state index in [1.807, 2.05) is 43.3 Å². The molecular formula is C24H28N4O2. The third-order valence-electron chi connectivity index (χ3n) is 5.60. The van der Waals surface area contributed by atoms with E-state index in [1.54, 1.807) is 11.0 Å². The summed E-state index contributed by atoms with van der Waals surface area (Å²) in [4.78, 5) is 16.4. The number of rotatable bonds is 8. The summed E-state index contributed by atoms with van der Waals surface area (Å²) >= 11 is 0. The Balaban J connectivity index is 1.27. The molecule has 30 heavy (non-hydrogen) atoms. The SMILES string of the molecule is CC(NC(=O)CCc1cccc(OC2CCCC2)c1)c1ccc(-n2cncn2)cc1. The molecule has 6 nitrogen and oxygen atoms in total. The normalized spacial score (nSPS) is 15.1. The van der Waals surface area contributed by atoms with Gasteiger partial charge in [0.1, 0.15) is 18.4 Å². The number of nitrogens with one attached hydrogen (secondary N) is 1. The van der Waals surface area contributed by atoms with Crippen molar-refractivity contribution in [2.75, 3.05) is 0 Å². The fourth-order valence-corrected chi connectivity index (χ4v) is 3.89. The minimum Gasteiger partial charge on any atom is -0.490 e. The molecule has 1 aliphatic carbocycles. The Labute approximate surface area is 177 Å². The van der Waals surface area contributed by atoms with Gasteiger partial charge in [-0.15, -0.1) is 0 Å². The topological polar surface area (TPSA) is 69.0 Å². The summed E-state index contributed by atoms with van der Waals surface area (Å²) in [5.41, 5.74) is 3.12. The largest absolute Gasteiger partial charge is 0.490 e. The van der Waals surface area contributed by atoms with Crippen molar-refractivity contribution >= 4 is 5.91 Å². The molecule has 6 heteroatoms. The maximum Gasteiger partial charge on any atom is 0.220 e. The summed E-state index contributed by atoms with van der Waals surface area (Å²) in [6, 6.07) is 16.0. The lowest BCUT2D eigenvalue weighted by Gasteiger charge is -2.16. The van der Waals surface area contributed by atoms with Crippen LogP contribution in [0.2, 0.25) is 0 Å². The van der Waals surface area contributed by atoms with Crippen LogP contribution in [0.4, 0.5) is 0 Å². The van der Waals surface area contributed by atoms with E-state index in [0.717, 1.165) is 35.4 Å². The molecule has 0 bridgehead atoms. The van der Waals surface area contributed by atoms with Crippen LogP contribution >= 0.6 is 0 Å². The van der Waals surface area contributed by atoms with Crippen molar-refractivity contribution in [1.29, 1.82) is 0 Å². The van der Waals surface area contributed by atoms with Crippen molar-refractivity contribution in [1.82, 2.24) is 20.1 Å². The molecule has 1 aliphatic rings. The first-order valence-corrected chi connectivity index (χ1v) is 10.7. The van der Waals surface area contributed by atoms with Crippen molar-refractivity contribution < 1.29 is 9.53 Å². The summed E-state index contributed by atoms with van der Waals surface area (Å²) in [5.74, 6) is 0.964. The molecule has 0 spiro atoms. The first kappa shape index (κ1) is 20.1. The van der Waals surface area contributed by atoms with Gasteiger partial charge in [0.2, 0.25) is 5.91 Å². The maximum atomic E-state index is 12.5. The average Bonchev–Trinajstić information content (AvgIpc) is 3.47. The van der Waals surface area contributed by atoms with Crippen LogP contribution in [0.25, 0.3) is 5.69 Å². The fourth-order valence-electron chi connectivity index (χ4n) is 3.89. The van der Waals surface area contributed by atoms with Gasteiger partial charge in [-0.1, -0.05) is 24.3 Å². The molecule has 1 amide bonds. The van der Waals surface area contributed by atoms with E-state index < -0.39 is 0 Å². The van der Waals surface area contributed by atoms with Gasteiger partial charge in [0.15, 0.2) is 0 Å². The van der Waals surface area contributed by atoms with Crippen LogP contribution in [0.15, 0.2) is 61.2 Å². The fraction of sp³-hybridized carbons (Fsp3) is 0.375. The first-order valence-electron chi connectivity index (χ1n) is 10.7. The minimum absolute atomic E-state index is 0.0463. The third-order valence-corrected chi connectivity index (χ3v) is 5.60. The second-order valence-electron chi connectivity index (χ2n) is 7.89. The van der Waals surface area contributed by atoms with Gasteiger partial charge in [0.05, 0.1) is 17.8 Å². The number of benzene rings is 2. The zero-order valence-electron chi connectivity index (χ0n) is 17.3. The number of hydrogen-bond acceptors (Lipinski definition) is 4. The Hall–Kier alpha value is -3.15. The van der Waals surface area contributed by atoms with E-state index >= 15 is 0 Å². The quantitative estimate of drug-likeness (QED) is 0.604. The zero-order chi connectivity index (χ0) is 20.8. The van der Waals surface area contributed by atoms with Crippen LogP contribution in [0.1, 0.15) is 56.2 Å². The van der Waals surface area contributed by atoms with Gasteiger partial charge in [0, 0.05) is 6.42 Å². The summed E-state index contributed by atoms with van der Waals surface area (Å²) < 4.78 is 7.78. The summed E-state index contributed by atoms with van der Waals surface area (Å²) in [6.07, 6.45) is 9.47. The maximum absolute atomic E-state index is 12.5. The zero-order valence-corrected chi connectivity index (χ0v) is 17.3. The van der Waals surface area contributed by atoms with Crippen LogP contribution < -0.4 is 10.1 Å². The van der Waals surface area contributed by atoms with Crippen LogP contribution in [0.3, 0.4) is 0 Å². The number of aryl methyl sites for hydroxylation is 1. The molecule has 3 aromatic rings. The van der Waals surface area contributed by atoms with Gasteiger partial charge in [-0.3, -0.25) is 4.79 Å². The van der Waals surface area contributed by atoms with Gasteiger partial charge in [-0.2, -0.15) is 5.10 Å². The van der Waals surface area contributed by atoms with Gasteiger partial charge in [0.25, 0.3) is 0 Å². The highest BCUT2D eigenvalue weighted by Crippen LogP contribution is 2.25. The van der Waals surface area contributed by atoms with Crippen LogP contribution in [0.5, 0.6) is 5.75 Å².